The van der Waals surface area contributed by atoms with Gasteiger partial charge >= 0.3 is 0 Å². The minimum absolute atomic E-state index is 0.201. The monoisotopic (exact) mass is 300 g/mol. The summed E-state index contributed by atoms with van der Waals surface area (Å²) in [4.78, 5) is 22.2. The van der Waals surface area contributed by atoms with Gasteiger partial charge in [0.1, 0.15) is 0 Å². The summed E-state index contributed by atoms with van der Waals surface area (Å²) in [5.74, 6) is -0.396. The van der Waals surface area contributed by atoms with Crippen molar-refractivity contribution in [1.82, 2.24) is 5.43 Å². The van der Waals surface area contributed by atoms with Crippen molar-refractivity contribution in [1.29, 1.82) is 0 Å². The number of anilines is 1. The van der Waals surface area contributed by atoms with E-state index in [9.17, 15) is 14.9 Å². The fourth-order valence-corrected chi connectivity index (χ4v) is 1.92. The van der Waals surface area contributed by atoms with Gasteiger partial charge in [-0.2, -0.15) is 5.10 Å². The lowest BCUT2D eigenvalue weighted by molar-refractivity contribution is -0.508. The number of carbonyl (C=O) groups excluding carboxylic acids is 1. The van der Waals surface area contributed by atoms with Crippen molar-refractivity contribution >= 4 is 17.3 Å². The number of nitrogens with two attached hydrogens (primary N) is 1. The quantitative estimate of drug-likeness (QED) is 0.381. The topological polar surface area (TPSA) is 111 Å². The molecule has 0 aliphatic heterocycles. The second-order valence-corrected chi connectivity index (χ2v) is 4.87. The Morgan fingerprint density at radius 2 is 2.09 bits per heavy atom. The van der Waals surface area contributed by atoms with Gasteiger partial charge in [-0.15, -0.1) is 0 Å². The number of nitro groups is 1. The average Bonchev–Trinajstić information content (AvgIpc) is 2.53. The Balaban J connectivity index is 1.98. The van der Waals surface area contributed by atoms with Crippen LogP contribution in [0.1, 0.15) is 18.9 Å². The highest BCUT2D eigenvalue weighted by molar-refractivity contribution is 6.01. The molecule has 0 unspecified atom stereocenters. The first kappa shape index (κ1) is 15.4. The zero-order chi connectivity index (χ0) is 16.1. The summed E-state index contributed by atoms with van der Waals surface area (Å²) in [6, 6.07) is 6.35. The summed E-state index contributed by atoms with van der Waals surface area (Å²) in [6.45, 7) is 1.76. The molecule has 114 valence electrons. The van der Waals surface area contributed by atoms with Gasteiger partial charge in [0.2, 0.25) is 6.04 Å². The molecule has 1 aliphatic carbocycles. The fraction of sp³-hybridized carbons (Fsp3) is 0.200. The first-order chi connectivity index (χ1) is 10.5. The molecule has 0 saturated heterocycles. The molecule has 0 bridgehead atoms. The van der Waals surface area contributed by atoms with Crippen LogP contribution in [-0.4, -0.2) is 22.6 Å². The molecule has 1 atom stereocenters. The Kier molecular flexibility index (Phi) is 4.67. The largest absolute Gasteiger partial charge is 0.399 e. The molecule has 2 rings (SSSR count). The Morgan fingerprint density at radius 3 is 2.64 bits per heavy atom. The van der Waals surface area contributed by atoms with Crippen LogP contribution in [0, 0.1) is 10.1 Å². The van der Waals surface area contributed by atoms with E-state index in [2.05, 4.69) is 10.5 Å². The van der Waals surface area contributed by atoms with Gasteiger partial charge in [-0.1, -0.05) is 18.2 Å². The van der Waals surface area contributed by atoms with Crippen molar-refractivity contribution in [3.63, 3.8) is 0 Å². The Hall–Kier alpha value is -2.96. The SMILES string of the molecule is C/C(=N/NC(=O)C1=CC[C@@H]([N+](=O)[O-])C=C1)c1ccc(N)cc1. The normalized spacial score (nSPS) is 17.8. The molecule has 7 heteroatoms. The van der Waals surface area contributed by atoms with Crippen LogP contribution in [0.4, 0.5) is 5.69 Å². The fourth-order valence-electron chi connectivity index (χ4n) is 1.92. The van der Waals surface area contributed by atoms with E-state index in [4.69, 9.17) is 5.73 Å². The van der Waals surface area contributed by atoms with Crippen molar-refractivity contribution in [3.8, 4) is 0 Å². The highest BCUT2D eigenvalue weighted by Crippen LogP contribution is 2.13. The Bertz CT molecular complexity index is 675. The van der Waals surface area contributed by atoms with Gasteiger partial charge in [-0.25, -0.2) is 5.43 Å². The van der Waals surface area contributed by atoms with E-state index < -0.39 is 11.9 Å². The van der Waals surface area contributed by atoms with E-state index in [-0.39, 0.29) is 11.3 Å². The summed E-state index contributed by atoms with van der Waals surface area (Å²) < 4.78 is 0. The molecule has 1 aromatic carbocycles. The van der Waals surface area contributed by atoms with Crippen molar-refractivity contribution in [2.45, 2.75) is 19.4 Å². The van der Waals surface area contributed by atoms with Crippen LogP contribution >= 0.6 is 0 Å². The highest BCUT2D eigenvalue weighted by Gasteiger charge is 2.20. The lowest BCUT2D eigenvalue weighted by Crippen LogP contribution is -2.24. The van der Waals surface area contributed by atoms with E-state index in [1.165, 1.54) is 18.2 Å². The first-order valence-corrected chi connectivity index (χ1v) is 6.70. The van der Waals surface area contributed by atoms with E-state index in [0.717, 1.165) is 5.56 Å². The second kappa shape index (κ2) is 6.66. The number of benzene rings is 1. The molecule has 0 saturated carbocycles. The van der Waals surface area contributed by atoms with Crippen molar-refractivity contribution < 1.29 is 9.72 Å². The van der Waals surface area contributed by atoms with E-state index in [1.54, 1.807) is 19.1 Å². The van der Waals surface area contributed by atoms with Crippen LogP contribution in [0.15, 0.2) is 53.2 Å². The van der Waals surface area contributed by atoms with Gasteiger partial charge in [-0.05, 0) is 36.8 Å². The highest BCUT2D eigenvalue weighted by atomic mass is 16.6. The van der Waals surface area contributed by atoms with Gasteiger partial charge in [0.15, 0.2) is 0 Å². The van der Waals surface area contributed by atoms with Gasteiger partial charge in [0.25, 0.3) is 5.91 Å². The number of rotatable bonds is 4. The average molecular weight is 300 g/mol. The molecule has 0 spiro atoms. The number of nitrogens with one attached hydrogen (secondary N) is 1. The number of amides is 1. The number of carbonyl (C=O) groups is 1. The summed E-state index contributed by atoms with van der Waals surface area (Å²) in [7, 11) is 0. The third kappa shape index (κ3) is 3.78. The Labute approximate surface area is 127 Å². The molecule has 0 fully saturated rings. The van der Waals surface area contributed by atoms with Crippen LogP contribution in [0.2, 0.25) is 0 Å². The van der Waals surface area contributed by atoms with Crippen molar-refractivity contribution in [2.24, 2.45) is 5.10 Å². The van der Waals surface area contributed by atoms with Crippen LogP contribution < -0.4 is 11.2 Å². The van der Waals surface area contributed by atoms with Crippen molar-refractivity contribution in [3.05, 3.63) is 63.7 Å². The number of nitrogens with zero attached hydrogens (tertiary/aromatic N) is 2. The third-order valence-electron chi connectivity index (χ3n) is 3.26. The maximum Gasteiger partial charge on any atom is 0.271 e. The predicted molar refractivity (Wildman–Crippen MR) is 83.8 cm³/mol. The van der Waals surface area contributed by atoms with Gasteiger partial charge in [0, 0.05) is 22.6 Å². The molecule has 1 amide bonds. The zero-order valence-corrected chi connectivity index (χ0v) is 12.0. The second-order valence-electron chi connectivity index (χ2n) is 4.87. The third-order valence-corrected chi connectivity index (χ3v) is 3.26. The van der Waals surface area contributed by atoms with Gasteiger partial charge in [-0.3, -0.25) is 14.9 Å². The van der Waals surface area contributed by atoms with E-state index >= 15 is 0 Å². The Morgan fingerprint density at radius 1 is 1.41 bits per heavy atom. The van der Waals surface area contributed by atoms with E-state index in [1.807, 2.05) is 12.1 Å². The summed E-state index contributed by atoms with van der Waals surface area (Å²) in [6.07, 6.45) is 4.59. The molecule has 1 aromatic rings. The summed E-state index contributed by atoms with van der Waals surface area (Å²) in [5, 5.41) is 14.6. The van der Waals surface area contributed by atoms with Gasteiger partial charge < -0.3 is 5.73 Å². The van der Waals surface area contributed by atoms with Crippen LogP contribution in [-0.2, 0) is 4.79 Å². The first-order valence-electron chi connectivity index (χ1n) is 6.70. The number of hydrogen-bond donors (Lipinski definition) is 2. The minimum Gasteiger partial charge on any atom is -0.399 e. The molecule has 0 aromatic heterocycles. The predicted octanol–water partition coefficient (Wildman–Crippen LogP) is 1.64. The summed E-state index contributed by atoms with van der Waals surface area (Å²) >= 11 is 0. The minimum atomic E-state index is -0.767. The molecular weight excluding hydrogens is 284 g/mol. The molecule has 3 N–H and O–H groups in total. The van der Waals surface area contributed by atoms with Gasteiger partial charge in [0.05, 0.1) is 5.71 Å². The standard InChI is InChI=1S/C15H16N4O3/c1-10(11-2-6-13(16)7-3-11)17-18-15(20)12-4-8-14(9-5-12)19(21)22/h2-8,14H,9,16H2,1H3,(H,18,20)/b17-10-/t14-/m0/s1. The number of hydrazone groups is 1. The molecule has 0 heterocycles. The lowest BCUT2D eigenvalue weighted by Gasteiger charge is -2.09. The molecule has 0 radical (unpaired) electrons. The summed E-state index contributed by atoms with van der Waals surface area (Å²) in [5.41, 5.74) is 10.5. The zero-order valence-electron chi connectivity index (χ0n) is 12.0. The van der Waals surface area contributed by atoms with E-state index in [0.29, 0.717) is 17.0 Å². The lowest BCUT2D eigenvalue weighted by atomic mass is 10.0. The molecule has 22 heavy (non-hydrogen) atoms. The number of nitrogen functional groups attached to an aromatic ring is 1. The van der Waals surface area contributed by atoms with Crippen molar-refractivity contribution in [2.75, 3.05) is 5.73 Å². The van der Waals surface area contributed by atoms with Crippen LogP contribution in [0.25, 0.3) is 0 Å². The maximum absolute atomic E-state index is 11.9. The molecule has 1 aliphatic rings. The maximum atomic E-state index is 11.9. The number of hydrogen-bond acceptors (Lipinski definition) is 5. The smallest absolute Gasteiger partial charge is 0.271 e. The molecule has 7 nitrogen and oxygen atoms in total. The molecular formula is C15H16N4O3. The van der Waals surface area contributed by atoms with Crippen LogP contribution in [0.5, 0.6) is 0 Å². The van der Waals surface area contributed by atoms with Crippen LogP contribution in [0.3, 0.4) is 0 Å².